The van der Waals surface area contributed by atoms with Crippen molar-refractivity contribution in [3.05, 3.63) is 28.2 Å². The maximum Gasteiger partial charge on any atom is 0.240 e. The zero-order chi connectivity index (χ0) is 13.8. The molecule has 3 nitrogen and oxygen atoms in total. The first kappa shape index (κ1) is 15.3. The highest BCUT2D eigenvalue weighted by Gasteiger charge is 2.19. The van der Waals surface area contributed by atoms with Gasteiger partial charge in [-0.25, -0.2) is 13.1 Å². The summed E-state index contributed by atoms with van der Waals surface area (Å²) in [6.07, 6.45) is 6.13. The van der Waals surface area contributed by atoms with Gasteiger partial charge in [-0.3, -0.25) is 0 Å². The molecule has 0 aromatic heterocycles. The second-order valence-corrected chi connectivity index (χ2v) is 6.33. The zero-order valence-electron chi connectivity index (χ0n) is 9.78. The molecule has 0 aliphatic heterocycles. The van der Waals surface area contributed by atoms with Gasteiger partial charge in [0.2, 0.25) is 10.0 Å². The number of benzene rings is 1. The minimum atomic E-state index is -3.65. The first-order chi connectivity index (χ1) is 8.39. The molecule has 0 saturated heterocycles. The lowest BCUT2D eigenvalue weighted by molar-refractivity contribution is 0.544. The van der Waals surface area contributed by atoms with E-state index in [1.165, 1.54) is 18.2 Å². The Kier molecular flexibility index (Phi) is 5.48. The summed E-state index contributed by atoms with van der Waals surface area (Å²) in [6, 6.07) is 3.87. The molecule has 98 valence electrons. The van der Waals surface area contributed by atoms with Crippen LogP contribution in [0.5, 0.6) is 0 Å². The maximum absolute atomic E-state index is 12.1. The predicted octanol–water partition coefficient (Wildman–Crippen LogP) is 3.07. The second kappa shape index (κ2) is 6.44. The van der Waals surface area contributed by atoms with Crippen molar-refractivity contribution in [1.82, 2.24) is 4.72 Å². The normalized spacial score (nSPS) is 13.0. The van der Waals surface area contributed by atoms with Crippen molar-refractivity contribution in [3.8, 4) is 12.3 Å². The third-order valence-electron chi connectivity index (χ3n) is 2.33. The summed E-state index contributed by atoms with van der Waals surface area (Å²) in [5.74, 6) is 2.44. The Balaban J connectivity index is 3.03. The Hall–Kier alpha value is -0.730. The van der Waals surface area contributed by atoms with E-state index in [0.717, 1.165) is 0 Å². The van der Waals surface area contributed by atoms with E-state index < -0.39 is 10.0 Å². The van der Waals surface area contributed by atoms with Crippen molar-refractivity contribution < 1.29 is 8.42 Å². The van der Waals surface area contributed by atoms with Crippen molar-refractivity contribution in [2.24, 2.45) is 0 Å². The van der Waals surface area contributed by atoms with Gasteiger partial charge >= 0.3 is 0 Å². The standard InChI is InChI=1S/C12H13Cl2NO2S/c1-3-5-11(4-2)15-18(16,17)12-7-9(13)6-10(14)8-12/h1,6-8,11,15H,4-5H2,2H3. The topological polar surface area (TPSA) is 46.2 Å². The molecule has 0 fully saturated rings. The van der Waals surface area contributed by atoms with Crippen molar-refractivity contribution in [2.75, 3.05) is 0 Å². The fourth-order valence-electron chi connectivity index (χ4n) is 1.38. The zero-order valence-corrected chi connectivity index (χ0v) is 12.1. The summed E-state index contributed by atoms with van der Waals surface area (Å²) in [6.45, 7) is 1.86. The Morgan fingerprint density at radius 2 is 1.89 bits per heavy atom. The summed E-state index contributed by atoms with van der Waals surface area (Å²) in [7, 11) is -3.65. The van der Waals surface area contributed by atoms with Crippen LogP contribution < -0.4 is 4.72 Å². The van der Waals surface area contributed by atoms with Crippen molar-refractivity contribution in [2.45, 2.75) is 30.7 Å². The molecule has 0 saturated carbocycles. The van der Waals surface area contributed by atoms with Crippen LogP contribution in [0.25, 0.3) is 0 Å². The van der Waals surface area contributed by atoms with E-state index >= 15 is 0 Å². The van der Waals surface area contributed by atoms with Gasteiger partial charge in [-0.15, -0.1) is 12.3 Å². The highest BCUT2D eigenvalue weighted by molar-refractivity contribution is 7.89. The number of nitrogens with one attached hydrogen (secondary N) is 1. The van der Waals surface area contributed by atoms with Crippen molar-refractivity contribution >= 4 is 33.2 Å². The van der Waals surface area contributed by atoms with Gasteiger partial charge in [0.1, 0.15) is 0 Å². The first-order valence-electron chi connectivity index (χ1n) is 5.31. The molecule has 1 unspecified atom stereocenters. The Labute approximate surface area is 118 Å². The van der Waals surface area contributed by atoms with Crippen LogP contribution in [-0.2, 0) is 10.0 Å². The minimum absolute atomic E-state index is 0.0375. The van der Waals surface area contributed by atoms with Gasteiger partial charge in [-0.2, -0.15) is 0 Å². The lowest BCUT2D eigenvalue weighted by Crippen LogP contribution is -2.34. The third kappa shape index (κ3) is 4.18. The van der Waals surface area contributed by atoms with Gasteiger partial charge in [0, 0.05) is 22.5 Å². The van der Waals surface area contributed by atoms with E-state index in [4.69, 9.17) is 29.6 Å². The first-order valence-corrected chi connectivity index (χ1v) is 7.55. The fourth-order valence-corrected chi connectivity index (χ4v) is 3.43. The monoisotopic (exact) mass is 305 g/mol. The van der Waals surface area contributed by atoms with E-state index in [-0.39, 0.29) is 21.0 Å². The van der Waals surface area contributed by atoms with E-state index in [2.05, 4.69) is 10.6 Å². The number of terminal acetylenes is 1. The SMILES string of the molecule is C#CCC(CC)NS(=O)(=O)c1cc(Cl)cc(Cl)c1. The largest absolute Gasteiger partial charge is 0.240 e. The Morgan fingerprint density at radius 3 is 2.33 bits per heavy atom. The molecule has 1 rings (SSSR count). The summed E-state index contributed by atoms with van der Waals surface area (Å²) in [5, 5.41) is 0.542. The summed E-state index contributed by atoms with van der Waals surface area (Å²) >= 11 is 11.6. The molecule has 1 atom stereocenters. The van der Waals surface area contributed by atoms with Gasteiger partial charge < -0.3 is 0 Å². The van der Waals surface area contributed by atoms with Gasteiger partial charge in [-0.1, -0.05) is 30.1 Å². The number of hydrogen-bond donors (Lipinski definition) is 1. The Bertz CT molecular complexity index is 544. The molecule has 0 aliphatic carbocycles. The van der Waals surface area contributed by atoms with Crippen LogP contribution in [0.15, 0.2) is 23.1 Å². The van der Waals surface area contributed by atoms with E-state index in [9.17, 15) is 8.42 Å². The van der Waals surface area contributed by atoms with Crippen LogP contribution in [0.2, 0.25) is 10.0 Å². The summed E-state index contributed by atoms with van der Waals surface area (Å²) in [5.41, 5.74) is 0. The molecular weight excluding hydrogens is 293 g/mol. The van der Waals surface area contributed by atoms with Crippen molar-refractivity contribution in [3.63, 3.8) is 0 Å². The molecule has 6 heteroatoms. The maximum atomic E-state index is 12.1. The molecule has 0 bridgehead atoms. The van der Waals surface area contributed by atoms with Gasteiger partial charge in [0.05, 0.1) is 4.90 Å². The lowest BCUT2D eigenvalue weighted by Gasteiger charge is -2.14. The molecule has 1 N–H and O–H groups in total. The van der Waals surface area contributed by atoms with Crippen LogP contribution in [0, 0.1) is 12.3 Å². The average Bonchev–Trinajstić information content (AvgIpc) is 2.27. The average molecular weight is 306 g/mol. The van der Waals surface area contributed by atoms with Crippen molar-refractivity contribution in [1.29, 1.82) is 0 Å². The van der Waals surface area contributed by atoms with Crippen LogP contribution in [0.3, 0.4) is 0 Å². The minimum Gasteiger partial charge on any atom is -0.207 e. The Morgan fingerprint density at radius 1 is 1.33 bits per heavy atom. The quantitative estimate of drug-likeness (QED) is 0.850. The molecule has 0 spiro atoms. The second-order valence-electron chi connectivity index (χ2n) is 3.74. The van der Waals surface area contributed by atoms with Crippen LogP contribution >= 0.6 is 23.2 Å². The molecule has 0 amide bonds. The smallest absolute Gasteiger partial charge is 0.207 e. The van der Waals surface area contributed by atoms with Crippen LogP contribution in [0.4, 0.5) is 0 Å². The highest BCUT2D eigenvalue weighted by Crippen LogP contribution is 2.22. The summed E-state index contributed by atoms with van der Waals surface area (Å²) < 4.78 is 26.7. The highest BCUT2D eigenvalue weighted by atomic mass is 35.5. The number of hydrogen-bond acceptors (Lipinski definition) is 2. The van der Waals surface area contributed by atoms with Crippen LogP contribution in [-0.4, -0.2) is 14.5 Å². The molecular formula is C12H13Cl2NO2S. The van der Waals surface area contributed by atoms with E-state index in [1.54, 1.807) is 0 Å². The fraction of sp³-hybridized carbons (Fsp3) is 0.333. The van der Waals surface area contributed by atoms with E-state index in [0.29, 0.717) is 12.8 Å². The molecule has 0 aliphatic rings. The molecule has 18 heavy (non-hydrogen) atoms. The third-order valence-corrected chi connectivity index (χ3v) is 4.26. The van der Waals surface area contributed by atoms with E-state index in [1.807, 2.05) is 6.92 Å². The molecule has 1 aromatic rings. The molecule has 1 aromatic carbocycles. The predicted molar refractivity (Wildman–Crippen MR) is 74.3 cm³/mol. The van der Waals surface area contributed by atoms with Gasteiger partial charge in [0.25, 0.3) is 0 Å². The van der Waals surface area contributed by atoms with Gasteiger partial charge in [0.15, 0.2) is 0 Å². The van der Waals surface area contributed by atoms with Crippen LogP contribution in [0.1, 0.15) is 19.8 Å². The number of sulfonamides is 1. The number of rotatable bonds is 5. The summed E-state index contributed by atoms with van der Waals surface area (Å²) in [4.78, 5) is 0.0375. The molecule has 0 radical (unpaired) electrons. The molecule has 0 heterocycles. The van der Waals surface area contributed by atoms with Gasteiger partial charge in [-0.05, 0) is 24.6 Å². The number of halogens is 2. The lowest BCUT2D eigenvalue weighted by atomic mass is 10.2.